The fourth-order valence-corrected chi connectivity index (χ4v) is 2.26. The van der Waals surface area contributed by atoms with Gasteiger partial charge in [0.15, 0.2) is 0 Å². The molecule has 2 rings (SSSR count). The molecule has 0 saturated heterocycles. The Bertz CT molecular complexity index is 648. The molecule has 7 heteroatoms. The maximum absolute atomic E-state index is 13.7. The third kappa shape index (κ3) is 3.52. The summed E-state index contributed by atoms with van der Waals surface area (Å²) in [6.45, 7) is 3.92. The fraction of sp³-hybridized carbons (Fsp3) is 0.231. The molecule has 0 atom stereocenters. The van der Waals surface area contributed by atoms with E-state index in [1.165, 1.54) is 6.07 Å². The standard InChI is InChI=1S/C13H11Br2F2N3/c1-6(2)13-19-11(15)5-12(20-13)18-10-3-7(14)8(16)4-9(10)17/h3-6H,1-2H3,(H,18,19,20). The van der Waals surface area contributed by atoms with Gasteiger partial charge >= 0.3 is 0 Å². The highest BCUT2D eigenvalue weighted by Crippen LogP contribution is 2.27. The minimum atomic E-state index is -0.688. The Labute approximate surface area is 132 Å². The van der Waals surface area contributed by atoms with Crippen LogP contribution in [0.25, 0.3) is 0 Å². The number of halogens is 4. The largest absolute Gasteiger partial charge is 0.338 e. The molecule has 106 valence electrons. The molecular weight excluding hydrogens is 396 g/mol. The minimum absolute atomic E-state index is 0.137. The Morgan fingerprint density at radius 3 is 2.40 bits per heavy atom. The van der Waals surface area contributed by atoms with E-state index in [9.17, 15) is 8.78 Å². The van der Waals surface area contributed by atoms with Gasteiger partial charge in [-0.2, -0.15) is 0 Å². The summed E-state index contributed by atoms with van der Waals surface area (Å²) in [6, 6.07) is 3.77. The van der Waals surface area contributed by atoms with Gasteiger partial charge in [-0.05, 0) is 37.9 Å². The van der Waals surface area contributed by atoms with E-state index < -0.39 is 11.6 Å². The Morgan fingerprint density at radius 1 is 1.05 bits per heavy atom. The summed E-state index contributed by atoms with van der Waals surface area (Å²) in [7, 11) is 0. The van der Waals surface area contributed by atoms with Crippen LogP contribution >= 0.6 is 31.9 Å². The Kier molecular flexibility index (Phi) is 4.70. The molecule has 1 aromatic carbocycles. The minimum Gasteiger partial charge on any atom is -0.338 e. The Balaban J connectivity index is 2.37. The molecule has 3 nitrogen and oxygen atoms in total. The predicted molar refractivity (Wildman–Crippen MR) is 81.2 cm³/mol. The molecule has 0 aliphatic rings. The van der Waals surface area contributed by atoms with E-state index in [-0.39, 0.29) is 16.1 Å². The lowest BCUT2D eigenvalue weighted by Crippen LogP contribution is -2.03. The molecule has 1 heterocycles. The van der Waals surface area contributed by atoms with Gasteiger partial charge in [0.25, 0.3) is 0 Å². The van der Waals surface area contributed by atoms with Crippen LogP contribution in [0.3, 0.4) is 0 Å². The first kappa shape index (κ1) is 15.3. The number of anilines is 2. The van der Waals surface area contributed by atoms with Crippen molar-refractivity contribution in [2.45, 2.75) is 19.8 Å². The van der Waals surface area contributed by atoms with Crippen LogP contribution in [-0.4, -0.2) is 9.97 Å². The zero-order valence-electron chi connectivity index (χ0n) is 10.7. The second kappa shape index (κ2) is 6.13. The van der Waals surface area contributed by atoms with Gasteiger partial charge in [0.05, 0.1) is 10.2 Å². The highest BCUT2D eigenvalue weighted by molar-refractivity contribution is 9.10. The van der Waals surface area contributed by atoms with Crippen LogP contribution in [0.1, 0.15) is 25.6 Å². The topological polar surface area (TPSA) is 37.8 Å². The van der Waals surface area contributed by atoms with E-state index >= 15 is 0 Å². The van der Waals surface area contributed by atoms with E-state index in [0.717, 1.165) is 6.07 Å². The third-order valence-corrected chi connectivity index (χ3v) is 3.52. The van der Waals surface area contributed by atoms with Crippen LogP contribution in [0.15, 0.2) is 27.3 Å². The normalized spacial score (nSPS) is 10.9. The van der Waals surface area contributed by atoms with E-state index in [1.807, 2.05) is 13.8 Å². The second-order valence-electron chi connectivity index (χ2n) is 4.46. The van der Waals surface area contributed by atoms with Gasteiger partial charge < -0.3 is 5.32 Å². The van der Waals surface area contributed by atoms with Crippen LogP contribution in [0.5, 0.6) is 0 Å². The first-order valence-electron chi connectivity index (χ1n) is 5.83. The van der Waals surface area contributed by atoms with Gasteiger partial charge in [-0.3, -0.25) is 0 Å². The van der Waals surface area contributed by atoms with Crippen LogP contribution in [0.4, 0.5) is 20.3 Å². The van der Waals surface area contributed by atoms with Gasteiger partial charge in [0.1, 0.15) is 27.9 Å². The summed E-state index contributed by atoms with van der Waals surface area (Å²) in [6.07, 6.45) is 0. The third-order valence-electron chi connectivity index (χ3n) is 2.50. The zero-order valence-corrected chi connectivity index (χ0v) is 13.9. The second-order valence-corrected chi connectivity index (χ2v) is 6.13. The number of nitrogens with zero attached hydrogens (tertiary/aromatic N) is 2. The quantitative estimate of drug-likeness (QED) is 0.566. The molecule has 0 radical (unpaired) electrons. The summed E-state index contributed by atoms with van der Waals surface area (Å²) in [5.74, 6) is -0.138. The van der Waals surface area contributed by atoms with Gasteiger partial charge in [0, 0.05) is 18.1 Å². The van der Waals surface area contributed by atoms with Crippen molar-refractivity contribution in [1.82, 2.24) is 9.97 Å². The lowest BCUT2D eigenvalue weighted by molar-refractivity contribution is 0.581. The van der Waals surface area contributed by atoms with Crippen molar-refractivity contribution in [3.05, 3.63) is 44.7 Å². The average Bonchev–Trinajstić information content (AvgIpc) is 2.35. The van der Waals surface area contributed by atoms with Gasteiger partial charge in [-0.1, -0.05) is 13.8 Å². The molecule has 0 fully saturated rings. The number of benzene rings is 1. The molecule has 2 aromatic rings. The van der Waals surface area contributed by atoms with Crippen molar-refractivity contribution in [3.8, 4) is 0 Å². The highest BCUT2D eigenvalue weighted by Gasteiger charge is 2.11. The molecular formula is C13H11Br2F2N3. The van der Waals surface area contributed by atoms with E-state index in [1.54, 1.807) is 6.07 Å². The highest BCUT2D eigenvalue weighted by atomic mass is 79.9. The SMILES string of the molecule is CC(C)c1nc(Br)cc(Nc2cc(Br)c(F)cc2F)n1. The summed E-state index contributed by atoms with van der Waals surface area (Å²) in [5.41, 5.74) is 0.138. The molecule has 0 aliphatic carbocycles. The number of hydrogen-bond donors (Lipinski definition) is 1. The molecule has 1 aromatic heterocycles. The predicted octanol–water partition coefficient (Wildman–Crippen LogP) is 5.15. The van der Waals surface area contributed by atoms with Crippen LogP contribution in [0, 0.1) is 11.6 Å². The van der Waals surface area contributed by atoms with Crippen molar-refractivity contribution in [3.63, 3.8) is 0 Å². The van der Waals surface area contributed by atoms with E-state index in [2.05, 4.69) is 47.1 Å². The Hall–Kier alpha value is -1.08. The van der Waals surface area contributed by atoms with Crippen LogP contribution in [-0.2, 0) is 0 Å². The number of aromatic nitrogens is 2. The first-order chi connectivity index (χ1) is 9.36. The van der Waals surface area contributed by atoms with Gasteiger partial charge in [-0.15, -0.1) is 0 Å². The summed E-state index contributed by atoms with van der Waals surface area (Å²) in [5, 5.41) is 2.82. The monoisotopic (exact) mass is 405 g/mol. The number of rotatable bonds is 3. The average molecular weight is 407 g/mol. The number of nitrogens with one attached hydrogen (secondary N) is 1. The molecule has 0 spiro atoms. The van der Waals surface area contributed by atoms with Gasteiger partial charge in [-0.25, -0.2) is 18.7 Å². The van der Waals surface area contributed by atoms with E-state index in [4.69, 9.17) is 0 Å². The maximum Gasteiger partial charge on any atom is 0.149 e. The van der Waals surface area contributed by atoms with Crippen molar-refractivity contribution in [2.24, 2.45) is 0 Å². The fourth-order valence-electron chi connectivity index (χ4n) is 1.51. The molecule has 0 aliphatic heterocycles. The lowest BCUT2D eigenvalue weighted by Gasteiger charge is -2.11. The van der Waals surface area contributed by atoms with Gasteiger partial charge in [0.2, 0.25) is 0 Å². The first-order valence-corrected chi connectivity index (χ1v) is 7.41. The Morgan fingerprint density at radius 2 is 1.75 bits per heavy atom. The summed E-state index contributed by atoms with van der Waals surface area (Å²) >= 11 is 6.31. The van der Waals surface area contributed by atoms with Crippen molar-refractivity contribution >= 4 is 43.4 Å². The molecule has 1 N–H and O–H groups in total. The molecule has 0 bridgehead atoms. The maximum atomic E-state index is 13.7. The molecule has 0 saturated carbocycles. The lowest BCUT2D eigenvalue weighted by atomic mass is 10.2. The van der Waals surface area contributed by atoms with Crippen molar-refractivity contribution in [1.29, 1.82) is 0 Å². The van der Waals surface area contributed by atoms with Crippen LogP contribution in [0.2, 0.25) is 0 Å². The van der Waals surface area contributed by atoms with Crippen LogP contribution < -0.4 is 5.32 Å². The van der Waals surface area contributed by atoms with Crippen molar-refractivity contribution in [2.75, 3.05) is 5.32 Å². The van der Waals surface area contributed by atoms with Crippen molar-refractivity contribution < 1.29 is 8.78 Å². The number of hydrogen-bond acceptors (Lipinski definition) is 3. The summed E-state index contributed by atoms with van der Waals surface area (Å²) in [4.78, 5) is 8.53. The molecule has 0 amide bonds. The molecule has 20 heavy (non-hydrogen) atoms. The zero-order chi connectivity index (χ0) is 14.9. The molecule has 0 unspecified atom stereocenters. The summed E-state index contributed by atoms with van der Waals surface area (Å²) < 4.78 is 27.7. The smallest absolute Gasteiger partial charge is 0.149 e. The van der Waals surface area contributed by atoms with E-state index in [0.29, 0.717) is 16.2 Å².